The van der Waals surface area contributed by atoms with E-state index in [2.05, 4.69) is 33.4 Å². The first-order valence-electron chi connectivity index (χ1n) is 6.41. The van der Waals surface area contributed by atoms with E-state index in [-0.39, 0.29) is 5.91 Å². The molecule has 0 atom stereocenters. The number of hydrogen-bond acceptors (Lipinski definition) is 2. The largest absolute Gasteiger partial charge is 0.325 e. The van der Waals surface area contributed by atoms with Gasteiger partial charge in [0.1, 0.15) is 0 Å². The number of carbonyl (C=O) groups is 1. The zero-order valence-electron chi connectivity index (χ0n) is 11.0. The molecule has 0 radical (unpaired) electrons. The van der Waals surface area contributed by atoms with Gasteiger partial charge in [0, 0.05) is 10.2 Å². The normalized spacial score (nSPS) is 10.2. The van der Waals surface area contributed by atoms with Crippen LogP contribution in [0.3, 0.4) is 0 Å². The van der Waals surface area contributed by atoms with Crippen molar-refractivity contribution in [2.45, 2.75) is 6.42 Å². The summed E-state index contributed by atoms with van der Waals surface area (Å²) in [6.07, 6.45) is 0.996. The van der Waals surface area contributed by atoms with Crippen LogP contribution >= 0.6 is 27.7 Å². The Bertz CT molecular complexity index is 559. The Labute approximate surface area is 132 Å². The number of carbonyl (C=O) groups excluding carboxylic acids is 1. The number of halogens is 1. The number of nitrogens with one attached hydrogen (secondary N) is 1. The Balaban J connectivity index is 1.68. The lowest BCUT2D eigenvalue weighted by Crippen LogP contribution is -2.14. The summed E-state index contributed by atoms with van der Waals surface area (Å²) in [6, 6.07) is 17.9. The smallest absolute Gasteiger partial charge is 0.234 e. The summed E-state index contributed by atoms with van der Waals surface area (Å²) in [5.41, 5.74) is 2.14. The molecule has 4 heteroatoms. The van der Waals surface area contributed by atoms with Crippen molar-refractivity contribution < 1.29 is 4.79 Å². The van der Waals surface area contributed by atoms with E-state index in [9.17, 15) is 4.79 Å². The van der Waals surface area contributed by atoms with Gasteiger partial charge in [-0.15, -0.1) is 0 Å². The third-order valence-corrected chi connectivity index (χ3v) is 4.17. The number of thioether (sulfide) groups is 1. The molecule has 0 saturated carbocycles. The molecule has 0 unspecified atom stereocenters. The van der Waals surface area contributed by atoms with Crippen LogP contribution < -0.4 is 5.32 Å². The number of rotatable bonds is 6. The molecule has 0 fully saturated rings. The van der Waals surface area contributed by atoms with Crippen molar-refractivity contribution in [1.29, 1.82) is 0 Å². The Morgan fingerprint density at radius 3 is 2.65 bits per heavy atom. The summed E-state index contributed by atoms with van der Waals surface area (Å²) < 4.78 is 0.965. The average molecular weight is 350 g/mol. The van der Waals surface area contributed by atoms with Crippen molar-refractivity contribution >= 4 is 39.3 Å². The van der Waals surface area contributed by atoms with E-state index >= 15 is 0 Å². The van der Waals surface area contributed by atoms with Crippen LogP contribution in [0.1, 0.15) is 5.56 Å². The van der Waals surface area contributed by atoms with Crippen LogP contribution in [0.2, 0.25) is 0 Å². The lowest BCUT2D eigenvalue weighted by molar-refractivity contribution is -0.113. The molecule has 0 saturated heterocycles. The first-order chi connectivity index (χ1) is 9.74. The van der Waals surface area contributed by atoms with Crippen LogP contribution in [-0.2, 0) is 11.2 Å². The fourth-order valence-corrected chi connectivity index (χ4v) is 2.94. The van der Waals surface area contributed by atoms with E-state index in [0.29, 0.717) is 5.75 Å². The van der Waals surface area contributed by atoms with Crippen molar-refractivity contribution in [2.75, 3.05) is 16.8 Å². The molecule has 0 aromatic heterocycles. The minimum Gasteiger partial charge on any atom is -0.325 e. The van der Waals surface area contributed by atoms with Crippen molar-refractivity contribution in [3.05, 3.63) is 64.6 Å². The van der Waals surface area contributed by atoms with Gasteiger partial charge in [-0.25, -0.2) is 0 Å². The van der Waals surface area contributed by atoms with Crippen molar-refractivity contribution in [1.82, 2.24) is 0 Å². The average Bonchev–Trinajstić information content (AvgIpc) is 2.45. The van der Waals surface area contributed by atoms with Crippen molar-refractivity contribution in [2.24, 2.45) is 0 Å². The van der Waals surface area contributed by atoms with Gasteiger partial charge in [-0.05, 0) is 35.9 Å². The minimum absolute atomic E-state index is 0.0427. The first-order valence-corrected chi connectivity index (χ1v) is 8.36. The summed E-state index contributed by atoms with van der Waals surface area (Å²) in [5.74, 6) is 1.48. The number of aryl methyl sites for hydroxylation is 1. The zero-order valence-corrected chi connectivity index (χ0v) is 13.4. The second-order valence-corrected chi connectivity index (χ2v) is 6.37. The molecule has 0 aliphatic carbocycles. The zero-order chi connectivity index (χ0) is 14.2. The maximum Gasteiger partial charge on any atom is 0.234 e. The highest BCUT2D eigenvalue weighted by molar-refractivity contribution is 9.10. The third kappa shape index (κ3) is 5.39. The molecule has 20 heavy (non-hydrogen) atoms. The summed E-state index contributed by atoms with van der Waals surface area (Å²) in [4.78, 5) is 11.8. The summed E-state index contributed by atoms with van der Waals surface area (Å²) in [6.45, 7) is 0. The molecule has 0 spiro atoms. The van der Waals surface area contributed by atoms with Crippen LogP contribution in [0.4, 0.5) is 5.69 Å². The number of benzene rings is 2. The van der Waals surface area contributed by atoms with Gasteiger partial charge in [-0.2, -0.15) is 11.8 Å². The molecule has 104 valence electrons. The van der Waals surface area contributed by atoms with Crippen LogP contribution in [0.15, 0.2) is 59.1 Å². The molecule has 2 nitrogen and oxygen atoms in total. The number of hydrogen-bond donors (Lipinski definition) is 1. The van der Waals surface area contributed by atoms with E-state index in [4.69, 9.17) is 0 Å². The van der Waals surface area contributed by atoms with Crippen molar-refractivity contribution in [3.63, 3.8) is 0 Å². The number of amides is 1. The monoisotopic (exact) mass is 349 g/mol. The predicted octanol–water partition coefficient (Wildman–Crippen LogP) is 4.36. The highest BCUT2D eigenvalue weighted by Crippen LogP contribution is 2.16. The molecule has 0 heterocycles. The predicted molar refractivity (Wildman–Crippen MR) is 90.2 cm³/mol. The van der Waals surface area contributed by atoms with Crippen LogP contribution in [0, 0.1) is 0 Å². The fraction of sp³-hybridized carbons (Fsp3) is 0.188. The maximum atomic E-state index is 11.8. The van der Waals surface area contributed by atoms with Crippen molar-refractivity contribution in [3.8, 4) is 0 Å². The van der Waals surface area contributed by atoms with Gasteiger partial charge in [0.25, 0.3) is 0 Å². The summed E-state index contributed by atoms with van der Waals surface area (Å²) in [7, 11) is 0. The Hall–Kier alpha value is -1.26. The molecule has 1 N–H and O–H groups in total. The first kappa shape index (κ1) is 15.1. The molecule has 0 bridgehead atoms. The van der Waals surface area contributed by atoms with Crippen LogP contribution in [-0.4, -0.2) is 17.4 Å². The van der Waals surface area contributed by atoms with Gasteiger partial charge in [0.2, 0.25) is 5.91 Å². The fourth-order valence-electron chi connectivity index (χ4n) is 1.76. The van der Waals surface area contributed by atoms with Gasteiger partial charge >= 0.3 is 0 Å². The Morgan fingerprint density at radius 2 is 1.90 bits per heavy atom. The van der Waals surface area contributed by atoms with Gasteiger partial charge in [-0.1, -0.05) is 52.3 Å². The maximum absolute atomic E-state index is 11.8. The summed E-state index contributed by atoms with van der Waals surface area (Å²) in [5, 5.41) is 2.89. The standard InChI is InChI=1S/C16H16BrNOS/c17-14-7-4-8-15(11-14)18-16(19)12-20-10-9-13-5-2-1-3-6-13/h1-8,11H,9-10,12H2,(H,18,19). The third-order valence-electron chi connectivity index (χ3n) is 2.72. The molecule has 2 aromatic carbocycles. The lowest BCUT2D eigenvalue weighted by Gasteiger charge is -2.05. The number of anilines is 1. The molecule has 0 aliphatic heterocycles. The van der Waals surface area contributed by atoms with Gasteiger partial charge < -0.3 is 5.32 Å². The van der Waals surface area contributed by atoms with E-state index in [1.807, 2.05) is 42.5 Å². The van der Waals surface area contributed by atoms with Gasteiger partial charge in [0.05, 0.1) is 5.75 Å². The van der Waals surface area contributed by atoms with E-state index in [0.717, 1.165) is 22.3 Å². The Morgan fingerprint density at radius 1 is 1.10 bits per heavy atom. The van der Waals surface area contributed by atoms with Gasteiger partial charge in [0.15, 0.2) is 0 Å². The molecule has 0 aliphatic rings. The van der Waals surface area contributed by atoms with Crippen LogP contribution in [0.25, 0.3) is 0 Å². The molecule has 2 rings (SSSR count). The SMILES string of the molecule is O=C(CSCCc1ccccc1)Nc1cccc(Br)c1. The topological polar surface area (TPSA) is 29.1 Å². The molecular weight excluding hydrogens is 334 g/mol. The Kier molecular flexibility index (Phi) is 6.15. The summed E-state index contributed by atoms with van der Waals surface area (Å²) >= 11 is 5.04. The minimum atomic E-state index is 0.0427. The quantitative estimate of drug-likeness (QED) is 0.784. The highest BCUT2D eigenvalue weighted by Gasteiger charge is 2.03. The lowest BCUT2D eigenvalue weighted by atomic mass is 10.2. The second-order valence-electron chi connectivity index (χ2n) is 4.35. The van der Waals surface area contributed by atoms with E-state index in [1.54, 1.807) is 11.8 Å². The van der Waals surface area contributed by atoms with Crippen LogP contribution in [0.5, 0.6) is 0 Å². The molecule has 1 amide bonds. The molecular formula is C16H16BrNOS. The van der Waals surface area contributed by atoms with Gasteiger partial charge in [-0.3, -0.25) is 4.79 Å². The van der Waals surface area contributed by atoms with E-state index < -0.39 is 0 Å². The highest BCUT2D eigenvalue weighted by atomic mass is 79.9. The second kappa shape index (κ2) is 8.12. The molecule has 2 aromatic rings. The van der Waals surface area contributed by atoms with E-state index in [1.165, 1.54) is 5.56 Å².